The zero-order chi connectivity index (χ0) is 28.9. The molecule has 21 heteroatoms. The van der Waals surface area contributed by atoms with Gasteiger partial charge >= 0.3 is 99.1 Å². The van der Waals surface area contributed by atoms with Crippen LogP contribution in [0, 0.1) is 0 Å². The van der Waals surface area contributed by atoms with Crippen molar-refractivity contribution >= 4 is 5.97 Å². The largest absolute Gasteiger partial charge is 1.00 e. The fourth-order valence-electron chi connectivity index (χ4n) is 2.04. The van der Waals surface area contributed by atoms with Crippen molar-refractivity contribution < 1.29 is 141 Å². The Bertz CT molecular complexity index is 1010. The molecule has 0 saturated heterocycles. The molecule has 0 N–H and O–H groups in total. The first-order valence-electron chi connectivity index (χ1n) is 8.10. The zero-order valence-corrected chi connectivity index (χ0v) is 20.1. The minimum Gasteiger partial charge on any atom is -0.545 e. The van der Waals surface area contributed by atoms with Gasteiger partial charge < -0.3 is 14.6 Å². The molecule has 0 radical (unpaired) electrons. The van der Waals surface area contributed by atoms with Crippen molar-refractivity contribution in [3.63, 3.8) is 0 Å². The van der Waals surface area contributed by atoms with Gasteiger partial charge in [0.1, 0.15) is 5.75 Å². The number of carbonyl (C=O) groups excluding carboxylic acids is 1. The average Bonchev–Trinajstić information content (AvgIpc) is 2.71. The molecule has 0 heterocycles. The third-order valence-electron chi connectivity index (χ3n) is 4.07. The van der Waals surface area contributed by atoms with Gasteiger partial charge in [-0.3, -0.25) is 0 Å². The van der Waals surface area contributed by atoms with Gasteiger partial charge in [-0.15, -0.1) is 0 Å². The normalized spacial score (nSPS) is 15.1. The second-order valence-electron chi connectivity index (χ2n) is 6.45. The van der Waals surface area contributed by atoms with E-state index in [1.807, 2.05) is 0 Å². The van der Waals surface area contributed by atoms with Crippen LogP contribution in [0.5, 0.6) is 5.75 Å². The Labute approximate surface area is 234 Å². The molecule has 1 aromatic rings. The maximum absolute atomic E-state index is 13.6. The molecule has 206 valence electrons. The second-order valence-corrected chi connectivity index (χ2v) is 6.45. The van der Waals surface area contributed by atoms with Gasteiger partial charge in [0.05, 0.1) is 5.97 Å². The molecular weight excluding hydrogens is 602 g/mol. The first-order chi connectivity index (χ1) is 15.7. The molecule has 0 aliphatic rings. The zero-order valence-electron chi connectivity index (χ0n) is 17.0. The van der Waals surface area contributed by atoms with Crippen LogP contribution in [0.15, 0.2) is 36.1 Å². The molecule has 0 bridgehead atoms. The van der Waals surface area contributed by atoms with E-state index in [1.54, 1.807) is 0 Å². The van der Waals surface area contributed by atoms with Crippen LogP contribution in [0.25, 0.3) is 0 Å². The summed E-state index contributed by atoms with van der Waals surface area (Å²) in [5, 5.41) is 10.5. The van der Waals surface area contributed by atoms with E-state index in [0.717, 1.165) is 0 Å². The van der Waals surface area contributed by atoms with Gasteiger partial charge in [0.2, 0.25) is 5.83 Å². The molecule has 0 amide bonds. The first kappa shape index (κ1) is 35.7. The summed E-state index contributed by atoms with van der Waals surface area (Å²) in [7, 11) is 0. The monoisotopic (exact) mass is 606 g/mol. The number of rotatable bonds is 9. The van der Waals surface area contributed by atoms with E-state index in [2.05, 4.69) is 4.74 Å². The number of hydrogen-bond donors (Lipinski definition) is 0. The molecule has 0 saturated carbocycles. The molecule has 0 unspecified atom stereocenters. The molecule has 1 rings (SSSR count). The van der Waals surface area contributed by atoms with Gasteiger partial charge in [0.15, 0.2) is 0 Å². The Kier molecular flexibility index (Phi) is 10.3. The third kappa shape index (κ3) is 5.69. The topological polar surface area (TPSA) is 49.4 Å². The number of carbonyl (C=O) groups is 1. The van der Waals surface area contributed by atoms with Crippen LogP contribution in [-0.2, 0) is 0 Å². The summed E-state index contributed by atoms with van der Waals surface area (Å²) >= 11 is 0. The van der Waals surface area contributed by atoms with Crippen LogP contribution in [0.3, 0.4) is 0 Å². The summed E-state index contributed by atoms with van der Waals surface area (Å²) in [6.45, 7) is 0. The Morgan fingerprint density at radius 1 is 0.622 bits per heavy atom. The second kappa shape index (κ2) is 10.7. The van der Waals surface area contributed by atoms with E-state index >= 15 is 0 Å². The summed E-state index contributed by atoms with van der Waals surface area (Å²) in [4.78, 5) is 10.5. The Morgan fingerprint density at radius 2 is 0.973 bits per heavy atom. The number of hydrogen-bond acceptors (Lipinski definition) is 3. The van der Waals surface area contributed by atoms with Crippen molar-refractivity contribution in [1.29, 1.82) is 0 Å². The number of aromatic carboxylic acids is 1. The minimum absolute atomic E-state index is 0. The smallest absolute Gasteiger partial charge is 0.545 e. The van der Waals surface area contributed by atoms with Gasteiger partial charge in [-0.1, -0.05) is 0 Å². The Hall–Kier alpha value is -1.32. The average molecular weight is 606 g/mol. The van der Waals surface area contributed by atoms with Crippen LogP contribution >= 0.6 is 0 Å². The summed E-state index contributed by atoms with van der Waals surface area (Å²) in [5.74, 6) is -57.7. The van der Waals surface area contributed by atoms with Gasteiger partial charge in [-0.25, -0.2) is 0 Å². The quantitative estimate of drug-likeness (QED) is 0.247. The minimum atomic E-state index is -8.68. The molecule has 0 aliphatic heterocycles. The maximum atomic E-state index is 13.6. The van der Waals surface area contributed by atoms with Gasteiger partial charge in [0.25, 0.3) is 0 Å². The van der Waals surface area contributed by atoms with Gasteiger partial charge in [0, 0.05) is 0 Å². The summed E-state index contributed by atoms with van der Waals surface area (Å²) in [6, 6.07) is -2.21. The number of ether oxygens (including phenoxy) is 1. The molecule has 0 aromatic heterocycles. The number of allylic oxidation sites excluding steroid dienone is 1. The van der Waals surface area contributed by atoms with Crippen molar-refractivity contribution in [1.82, 2.24) is 0 Å². The first-order valence-corrected chi connectivity index (χ1v) is 8.10. The molecule has 0 spiro atoms. The predicted molar refractivity (Wildman–Crippen MR) is 76.4 cm³/mol. The Morgan fingerprint density at radius 3 is 1.32 bits per heavy atom. The van der Waals surface area contributed by atoms with Crippen LogP contribution in [0.1, 0.15) is 10.4 Å². The SMILES string of the molecule is O=C([O-])c1ccc(OC(F)=C(F)C(F)(F)C(F)(F)C(F)(F)C(F)(F)C(F)(F)C(F)(F)C(F)(F)F)cc1.[K+]. The van der Waals surface area contributed by atoms with E-state index in [-0.39, 0.29) is 63.5 Å². The fraction of sp³-hybridized carbons (Fsp3) is 0.438. The number of carboxylic acids is 1. The standard InChI is InChI=1S/C16H5F17O3.K/c17-7(8(18)36-6-3-1-5(2-4-6)9(34)35)10(19,20)11(21,22)12(23,24)13(25,26)14(27,28)15(29,30)16(31,32)33;/h1-4H,(H,34,35);/q;+1/p-1. The van der Waals surface area contributed by atoms with E-state index in [0.29, 0.717) is 12.1 Å². The van der Waals surface area contributed by atoms with Crippen LogP contribution in [-0.4, -0.2) is 47.7 Å². The summed E-state index contributed by atoms with van der Waals surface area (Å²) in [6.07, 6.45) is -7.81. The molecule has 0 aliphatic carbocycles. The van der Waals surface area contributed by atoms with E-state index < -0.39 is 70.8 Å². The Balaban J connectivity index is 0.0000130. The maximum Gasteiger partial charge on any atom is 1.00 e. The fourth-order valence-corrected chi connectivity index (χ4v) is 2.04. The molecule has 0 atom stereocenters. The van der Waals surface area contributed by atoms with Gasteiger partial charge in [-0.2, -0.15) is 74.6 Å². The molecular formula is C16H4F17KO3. The van der Waals surface area contributed by atoms with E-state index in [4.69, 9.17) is 0 Å². The number of alkyl halides is 15. The molecule has 37 heavy (non-hydrogen) atoms. The molecule has 1 aromatic carbocycles. The van der Waals surface area contributed by atoms with Crippen molar-refractivity contribution in [2.45, 2.75) is 41.7 Å². The van der Waals surface area contributed by atoms with Crippen molar-refractivity contribution in [2.75, 3.05) is 0 Å². The van der Waals surface area contributed by atoms with Crippen molar-refractivity contribution in [2.24, 2.45) is 0 Å². The summed E-state index contributed by atoms with van der Waals surface area (Å²) < 4.78 is 226. The van der Waals surface area contributed by atoms with Crippen LogP contribution in [0.2, 0.25) is 0 Å². The number of carboxylic acid groups (broad SMARTS) is 1. The van der Waals surface area contributed by atoms with Crippen LogP contribution in [0.4, 0.5) is 74.6 Å². The van der Waals surface area contributed by atoms with Gasteiger partial charge in [-0.05, 0) is 29.8 Å². The van der Waals surface area contributed by atoms with Crippen molar-refractivity contribution in [3.8, 4) is 5.75 Å². The van der Waals surface area contributed by atoms with E-state index in [1.165, 1.54) is 0 Å². The third-order valence-corrected chi connectivity index (χ3v) is 4.07. The molecule has 3 nitrogen and oxygen atoms in total. The molecule has 0 fully saturated rings. The van der Waals surface area contributed by atoms with E-state index in [9.17, 15) is 84.5 Å². The summed E-state index contributed by atoms with van der Waals surface area (Å²) in [5.41, 5.74) is -0.734. The van der Waals surface area contributed by atoms with Crippen molar-refractivity contribution in [3.05, 3.63) is 41.7 Å². The predicted octanol–water partition coefficient (Wildman–Crippen LogP) is 2.92. The number of halogens is 17. The number of benzene rings is 1. The van der Waals surface area contributed by atoms with Crippen LogP contribution < -0.4 is 61.2 Å².